The van der Waals surface area contributed by atoms with Crippen molar-refractivity contribution in [3.63, 3.8) is 0 Å². The Morgan fingerprint density at radius 3 is 2.55 bits per heavy atom. The first-order valence-corrected chi connectivity index (χ1v) is 8.35. The van der Waals surface area contributed by atoms with Crippen LogP contribution in [0.25, 0.3) is 0 Å². The third-order valence-corrected chi connectivity index (χ3v) is 4.83. The summed E-state index contributed by atoms with van der Waals surface area (Å²) in [5.41, 5.74) is 2.79. The second kappa shape index (κ2) is 7.68. The quantitative estimate of drug-likeness (QED) is 0.786. The highest BCUT2D eigenvalue weighted by atomic mass is 15.1. The van der Waals surface area contributed by atoms with Crippen molar-refractivity contribution in [2.45, 2.75) is 59.0 Å². The second-order valence-corrected chi connectivity index (χ2v) is 5.97. The molecule has 1 aromatic carbocycles. The van der Waals surface area contributed by atoms with E-state index in [1.807, 2.05) is 0 Å². The molecule has 20 heavy (non-hydrogen) atoms. The molecule has 2 atom stereocenters. The molecule has 0 spiro atoms. The van der Waals surface area contributed by atoms with Crippen LogP contribution in [0.1, 0.15) is 52.0 Å². The second-order valence-electron chi connectivity index (χ2n) is 5.97. The van der Waals surface area contributed by atoms with Crippen molar-refractivity contribution in [1.82, 2.24) is 4.90 Å². The van der Waals surface area contributed by atoms with Gasteiger partial charge in [-0.1, -0.05) is 51.8 Å². The van der Waals surface area contributed by atoms with Gasteiger partial charge in [0.25, 0.3) is 0 Å². The number of anilines is 1. The van der Waals surface area contributed by atoms with Crippen molar-refractivity contribution >= 4 is 5.69 Å². The van der Waals surface area contributed by atoms with Crippen molar-refractivity contribution < 1.29 is 0 Å². The van der Waals surface area contributed by atoms with Crippen LogP contribution in [0.3, 0.4) is 0 Å². The minimum absolute atomic E-state index is 0.679. The minimum atomic E-state index is 0.679. The van der Waals surface area contributed by atoms with E-state index in [0.29, 0.717) is 6.04 Å². The molecule has 1 saturated carbocycles. The van der Waals surface area contributed by atoms with Gasteiger partial charge in [0.2, 0.25) is 0 Å². The summed E-state index contributed by atoms with van der Waals surface area (Å²) in [6, 6.07) is 9.53. The van der Waals surface area contributed by atoms with E-state index < -0.39 is 0 Å². The number of nitrogens with one attached hydrogen (secondary N) is 1. The number of benzene rings is 1. The molecule has 1 aromatic rings. The lowest BCUT2D eigenvalue weighted by atomic mass is 10.00. The zero-order chi connectivity index (χ0) is 14.4. The zero-order valence-corrected chi connectivity index (χ0v) is 13.4. The molecule has 1 N–H and O–H groups in total. The molecule has 1 aliphatic carbocycles. The van der Waals surface area contributed by atoms with Crippen LogP contribution in [0.5, 0.6) is 0 Å². The number of rotatable bonds is 7. The van der Waals surface area contributed by atoms with Crippen molar-refractivity contribution in [3.8, 4) is 0 Å². The molecule has 0 radical (unpaired) electrons. The molecule has 0 aromatic heterocycles. The summed E-state index contributed by atoms with van der Waals surface area (Å²) in [6.45, 7) is 10.1. The first-order chi connectivity index (χ1) is 9.78. The van der Waals surface area contributed by atoms with E-state index in [1.165, 1.54) is 36.9 Å². The zero-order valence-electron chi connectivity index (χ0n) is 13.4. The van der Waals surface area contributed by atoms with Crippen LogP contribution in [0.15, 0.2) is 24.3 Å². The van der Waals surface area contributed by atoms with Crippen LogP contribution in [0.2, 0.25) is 0 Å². The summed E-state index contributed by atoms with van der Waals surface area (Å²) in [6.07, 6.45) is 5.41. The highest BCUT2D eigenvalue weighted by Gasteiger charge is 2.25. The largest absolute Gasteiger partial charge is 0.382 e. The lowest BCUT2D eigenvalue weighted by molar-refractivity contribution is 0.296. The maximum absolute atomic E-state index is 3.84. The standard InChI is InChI=1S/C18H30N2/c1-4-15-11-9-13-17(15)19-18-12-8-7-10-16(18)14-20(5-2)6-3/h7-8,10,12,15,17,19H,4-6,9,11,13-14H2,1-3H3. The Labute approximate surface area is 124 Å². The predicted octanol–water partition coefficient (Wildman–Crippen LogP) is 4.52. The van der Waals surface area contributed by atoms with E-state index in [0.717, 1.165) is 25.6 Å². The van der Waals surface area contributed by atoms with E-state index in [9.17, 15) is 0 Å². The lowest BCUT2D eigenvalue weighted by Gasteiger charge is -2.25. The van der Waals surface area contributed by atoms with Gasteiger partial charge in [-0.05, 0) is 43.5 Å². The summed E-state index contributed by atoms with van der Waals surface area (Å²) < 4.78 is 0. The van der Waals surface area contributed by atoms with E-state index in [2.05, 4.69) is 55.3 Å². The fourth-order valence-electron chi connectivity index (χ4n) is 3.40. The Bertz CT molecular complexity index is 398. The summed E-state index contributed by atoms with van der Waals surface area (Å²) in [5, 5.41) is 3.84. The van der Waals surface area contributed by atoms with Gasteiger partial charge in [-0.3, -0.25) is 4.90 Å². The summed E-state index contributed by atoms with van der Waals surface area (Å²) in [5.74, 6) is 0.858. The van der Waals surface area contributed by atoms with Gasteiger partial charge in [0, 0.05) is 18.3 Å². The van der Waals surface area contributed by atoms with Crippen LogP contribution in [0.4, 0.5) is 5.69 Å². The van der Waals surface area contributed by atoms with Gasteiger partial charge in [0.05, 0.1) is 0 Å². The summed E-state index contributed by atoms with van der Waals surface area (Å²) in [4.78, 5) is 2.48. The van der Waals surface area contributed by atoms with Crippen LogP contribution in [0, 0.1) is 5.92 Å². The van der Waals surface area contributed by atoms with E-state index in [1.54, 1.807) is 0 Å². The Kier molecular flexibility index (Phi) is 5.90. The molecule has 2 unspecified atom stereocenters. The number of nitrogens with zero attached hydrogens (tertiary/aromatic N) is 1. The molecule has 1 fully saturated rings. The Morgan fingerprint density at radius 2 is 1.85 bits per heavy atom. The van der Waals surface area contributed by atoms with Gasteiger partial charge >= 0.3 is 0 Å². The molecule has 1 aliphatic rings. The average Bonchev–Trinajstić information content (AvgIpc) is 2.93. The van der Waals surface area contributed by atoms with Crippen LogP contribution < -0.4 is 5.32 Å². The average molecular weight is 274 g/mol. The Hall–Kier alpha value is -1.02. The van der Waals surface area contributed by atoms with Crippen molar-refractivity contribution in [2.75, 3.05) is 18.4 Å². The third kappa shape index (κ3) is 3.76. The highest BCUT2D eigenvalue weighted by Crippen LogP contribution is 2.31. The van der Waals surface area contributed by atoms with Gasteiger partial charge in [-0.2, -0.15) is 0 Å². The molecule has 2 rings (SSSR count). The fourth-order valence-corrected chi connectivity index (χ4v) is 3.40. The molecule has 0 aliphatic heterocycles. The molecule has 0 amide bonds. The third-order valence-electron chi connectivity index (χ3n) is 4.83. The molecule has 2 heteroatoms. The highest BCUT2D eigenvalue weighted by molar-refractivity contribution is 5.52. The predicted molar refractivity (Wildman–Crippen MR) is 88.1 cm³/mol. The first kappa shape index (κ1) is 15.4. The molecule has 0 heterocycles. The molecule has 0 bridgehead atoms. The summed E-state index contributed by atoms with van der Waals surface area (Å²) in [7, 11) is 0. The van der Waals surface area contributed by atoms with Gasteiger partial charge in [-0.25, -0.2) is 0 Å². The van der Waals surface area contributed by atoms with Gasteiger partial charge in [-0.15, -0.1) is 0 Å². The smallest absolute Gasteiger partial charge is 0.0388 e. The topological polar surface area (TPSA) is 15.3 Å². The molecule has 112 valence electrons. The number of para-hydroxylation sites is 1. The normalized spacial score (nSPS) is 22.4. The molecule has 0 saturated heterocycles. The van der Waals surface area contributed by atoms with Crippen molar-refractivity contribution in [1.29, 1.82) is 0 Å². The monoisotopic (exact) mass is 274 g/mol. The van der Waals surface area contributed by atoms with Crippen molar-refractivity contribution in [2.24, 2.45) is 5.92 Å². The minimum Gasteiger partial charge on any atom is -0.382 e. The van der Waals surface area contributed by atoms with E-state index in [4.69, 9.17) is 0 Å². The van der Waals surface area contributed by atoms with Gasteiger partial charge < -0.3 is 5.32 Å². The summed E-state index contributed by atoms with van der Waals surface area (Å²) >= 11 is 0. The lowest BCUT2D eigenvalue weighted by Crippen LogP contribution is -2.26. The van der Waals surface area contributed by atoms with Gasteiger partial charge in [0.15, 0.2) is 0 Å². The molecule has 2 nitrogen and oxygen atoms in total. The number of hydrogen-bond acceptors (Lipinski definition) is 2. The first-order valence-electron chi connectivity index (χ1n) is 8.35. The van der Waals surface area contributed by atoms with Crippen LogP contribution in [-0.2, 0) is 6.54 Å². The van der Waals surface area contributed by atoms with E-state index >= 15 is 0 Å². The fraction of sp³-hybridized carbons (Fsp3) is 0.667. The maximum Gasteiger partial charge on any atom is 0.0388 e. The Morgan fingerprint density at radius 1 is 1.10 bits per heavy atom. The van der Waals surface area contributed by atoms with Crippen molar-refractivity contribution in [3.05, 3.63) is 29.8 Å². The maximum atomic E-state index is 3.84. The van der Waals surface area contributed by atoms with Crippen LogP contribution >= 0.6 is 0 Å². The van der Waals surface area contributed by atoms with E-state index in [-0.39, 0.29) is 0 Å². The molecular weight excluding hydrogens is 244 g/mol. The van der Waals surface area contributed by atoms with Gasteiger partial charge in [0.1, 0.15) is 0 Å². The SMILES string of the molecule is CCC1CCCC1Nc1ccccc1CN(CC)CC. The molecular formula is C18H30N2. The van der Waals surface area contributed by atoms with Crippen LogP contribution in [-0.4, -0.2) is 24.0 Å². The Balaban J connectivity index is 2.07. The number of hydrogen-bond donors (Lipinski definition) is 1.